The standard InChI is InChI=1S/C20H23ClN2O2/c1-15-10-11-18(13-19(15)21)23(16(2)24)14-20(25)22-12-6-9-17-7-4-3-5-8-17/h3-5,7-8,10-11,13H,6,9,12,14H2,1-2H3,(H,22,25). The Kier molecular flexibility index (Phi) is 7.02. The molecule has 0 unspecified atom stereocenters. The first kappa shape index (κ1) is 19.0. The molecule has 1 N–H and O–H groups in total. The molecule has 0 fully saturated rings. The van der Waals surface area contributed by atoms with Gasteiger partial charge < -0.3 is 10.2 Å². The minimum Gasteiger partial charge on any atom is -0.355 e. The number of nitrogens with zero attached hydrogens (tertiary/aromatic N) is 1. The van der Waals surface area contributed by atoms with Crippen molar-refractivity contribution >= 4 is 29.1 Å². The summed E-state index contributed by atoms with van der Waals surface area (Å²) in [6.07, 6.45) is 1.76. The Morgan fingerprint density at radius 2 is 1.84 bits per heavy atom. The van der Waals surface area contributed by atoms with Gasteiger partial charge in [0.2, 0.25) is 11.8 Å². The molecular weight excluding hydrogens is 336 g/mol. The van der Waals surface area contributed by atoms with Crippen LogP contribution >= 0.6 is 11.6 Å². The van der Waals surface area contributed by atoms with E-state index in [0.29, 0.717) is 17.3 Å². The lowest BCUT2D eigenvalue weighted by molar-refractivity contribution is -0.123. The van der Waals surface area contributed by atoms with Gasteiger partial charge in [0.05, 0.1) is 0 Å². The Hall–Kier alpha value is -2.33. The highest BCUT2D eigenvalue weighted by Gasteiger charge is 2.16. The van der Waals surface area contributed by atoms with Crippen LogP contribution in [-0.2, 0) is 16.0 Å². The maximum Gasteiger partial charge on any atom is 0.240 e. The smallest absolute Gasteiger partial charge is 0.240 e. The Morgan fingerprint density at radius 1 is 1.12 bits per heavy atom. The number of anilines is 1. The largest absolute Gasteiger partial charge is 0.355 e. The van der Waals surface area contributed by atoms with Crippen molar-refractivity contribution < 1.29 is 9.59 Å². The zero-order valence-corrected chi connectivity index (χ0v) is 15.3. The van der Waals surface area contributed by atoms with Gasteiger partial charge in [-0.05, 0) is 43.0 Å². The molecular formula is C20H23ClN2O2. The van der Waals surface area contributed by atoms with Gasteiger partial charge in [0, 0.05) is 24.2 Å². The number of hydrogen-bond acceptors (Lipinski definition) is 2. The van der Waals surface area contributed by atoms with Crippen LogP contribution in [0.3, 0.4) is 0 Å². The molecule has 5 heteroatoms. The van der Waals surface area contributed by atoms with E-state index in [-0.39, 0.29) is 18.4 Å². The predicted octanol–water partition coefficient (Wildman–Crippen LogP) is 3.75. The zero-order valence-electron chi connectivity index (χ0n) is 14.6. The van der Waals surface area contributed by atoms with Gasteiger partial charge in [-0.1, -0.05) is 48.0 Å². The van der Waals surface area contributed by atoms with Crippen molar-refractivity contribution in [3.63, 3.8) is 0 Å². The molecule has 0 heterocycles. The van der Waals surface area contributed by atoms with E-state index in [1.54, 1.807) is 12.1 Å². The third kappa shape index (κ3) is 5.91. The monoisotopic (exact) mass is 358 g/mol. The van der Waals surface area contributed by atoms with Crippen molar-refractivity contribution in [3.8, 4) is 0 Å². The van der Waals surface area contributed by atoms with Crippen LogP contribution in [0.25, 0.3) is 0 Å². The Balaban J connectivity index is 1.85. The first-order valence-corrected chi connectivity index (χ1v) is 8.70. The van der Waals surface area contributed by atoms with E-state index in [1.807, 2.05) is 31.2 Å². The lowest BCUT2D eigenvalue weighted by Crippen LogP contribution is -2.40. The summed E-state index contributed by atoms with van der Waals surface area (Å²) >= 11 is 6.12. The fourth-order valence-electron chi connectivity index (χ4n) is 2.50. The Labute approximate surface area is 153 Å². The van der Waals surface area contributed by atoms with E-state index >= 15 is 0 Å². The molecule has 0 aliphatic carbocycles. The maximum absolute atomic E-state index is 12.2. The average molecular weight is 359 g/mol. The highest BCUT2D eigenvalue weighted by molar-refractivity contribution is 6.31. The van der Waals surface area contributed by atoms with Crippen LogP contribution in [0.1, 0.15) is 24.5 Å². The van der Waals surface area contributed by atoms with Gasteiger partial charge >= 0.3 is 0 Å². The van der Waals surface area contributed by atoms with Crippen LogP contribution < -0.4 is 10.2 Å². The second-order valence-corrected chi connectivity index (χ2v) is 6.38. The molecule has 0 atom stereocenters. The molecule has 2 aromatic carbocycles. The molecule has 4 nitrogen and oxygen atoms in total. The zero-order chi connectivity index (χ0) is 18.2. The quantitative estimate of drug-likeness (QED) is 0.766. The molecule has 2 rings (SSSR count). The van der Waals surface area contributed by atoms with Crippen LogP contribution in [0.15, 0.2) is 48.5 Å². The number of amides is 2. The minimum atomic E-state index is -0.195. The van der Waals surface area contributed by atoms with Crippen LogP contribution in [0.4, 0.5) is 5.69 Å². The molecule has 0 aliphatic heterocycles. The van der Waals surface area contributed by atoms with E-state index in [2.05, 4.69) is 17.4 Å². The summed E-state index contributed by atoms with van der Waals surface area (Å²) in [6, 6.07) is 15.5. The van der Waals surface area contributed by atoms with Crippen molar-refractivity contribution in [1.29, 1.82) is 0 Å². The molecule has 0 aliphatic rings. The van der Waals surface area contributed by atoms with Crippen LogP contribution in [0, 0.1) is 6.92 Å². The summed E-state index contributed by atoms with van der Waals surface area (Å²) in [4.78, 5) is 25.5. The number of rotatable bonds is 7. The fourth-order valence-corrected chi connectivity index (χ4v) is 2.67. The van der Waals surface area contributed by atoms with Gasteiger partial charge in [0.25, 0.3) is 0 Å². The minimum absolute atomic E-state index is 0.0138. The highest BCUT2D eigenvalue weighted by Crippen LogP contribution is 2.23. The summed E-state index contributed by atoms with van der Waals surface area (Å²) in [6.45, 7) is 3.90. The van der Waals surface area contributed by atoms with Crippen molar-refractivity contribution in [1.82, 2.24) is 5.32 Å². The molecule has 0 aromatic heterocycles. The van der Waals surface area contributed by atoms with Crippen LogP contribution in [-0.4, -0.2) is 24.9 Å². The molecule has 0 spiro atoms. The van der Waals surface area contributed by atoms with Gasteiger partial charge in [-0.2, -0.15) is 0 Å². The SMILES string of the molecule is CC(=O)N(CC(=O)NCCCc1ccccc1)c1ccc(C)c(Cl)c1. The van der Waals surface area contributed by atoms with Crippen LogP contribution in [0.5, 0.6) is 0 Å². The number of aryl methyl sites for hydroxylation is 2. The first-order valence-electron chi connectivity index (χ1n) is 8.32. The molecule has 0 saturated heterocycles. The van der Waals surface area contributed by atoms with E-state index in [4.69, 9.17) is 11.6 Å². The summed E-state index contributed by atoms with van der Waals surface area (Å²) in [5, 5.41) is 3.44. The average Bonchev–Trinajstić information content (AvgIpc) is 2.60. The molecule has 2 aromatic rings. The van der Waals surface area contributed by atoms with Crippen molar-refractivity contribution in [2.45, 2.75) is 26.7 Å². The number of carbonyl (C=O) groups excluding carboxylic acids is 2. The van der Waals surface area contributed by atoms with Gasteiger partial charge in [-0.25, -0.2) is 0 Å². The van der Waals surface area contributed by atoms with E-state index < -0.39 is 0 Å². The van der Waals surface area contributed by atoms with Gasteiger partial charge in [-0.15, -0.1) is 0 Å². The predicted molar refractivity (Wildman–Crippen MR) is 102 cm³/mol. The van der Waals surface area contributed by atoms with Crippen molar-refractivity contribution in [3.05, 3.63) is 64.7 Å². The number of halogens is 1. The van der Waals surface area contributed by atoms with Crippen molar-refractivity contribution in [2.75, 3.05) is 18.0 Å². The van der Waals surface area contributed by atoms with E-state index in [1.165, 1.54) is 17.4 Å². The highest BCUT2D eigenvalue weighted by atomic mass is 35.5. The lowest BCUT2D eigenvalue weighted by Gasteiger charge is -2.21. The van der Waals surface area contributed by atoms with Crippen LogP contribution in [0.2, 0.25) is 5.02 Å². The molecule has 0 radical (unpaired) electrons. The summed E-state index contributed by atoms with van der Waals surface area (Å²) in [5.74, 6) is -0.376. The van der Waals surface area contributed by atoms with E-state index in [0.717, 1.165) is 18.4 Å². The summed E-state index contributed by atoms with van der Waals surface area (Å²) in [5.41, 5.74) is 2.80. The fraction of sp³-hybridized carbons (Fsp3) is 0.300. The van der Waals surface area contributed by atoms with E-state index in [9.17, 15) is 9.59 Å². The Morgan fingerprint density at radius 3 is 2.48 bits per heavy atom. The molecule has 25 heavy (non-hydrogen) atoms. The third-order valence-corrected chi connectivity index (χ3v) is 4.36. The number of benzene rings is 2. The number of nitrogens with one attached hydrogen (secondary N) is 1. The summed E-state index contributed by atoms with van der Waals surface area (Å²) in [7, 11) is 0. The lowest BCUT2D eigenvalue weighted by atomic mass is 10.1. The summed E-state index contributed by atoms with van der Waals surface area (Å²) < 4.78 is 0. The van der Waals surface area contributed by atoms with Gasteiger partial charge in [0.1, 0.15) is 6.54 Å². The molecule has 2 amide bonds. The Bertz CT molecular complexity index is 732. The maximum atomic E-state index is 12.2. The number of hydrogen-bond donors (Lipinski definition) is 1. The second-order valence-electron chi connectivity index (χ2n) is 5.98. The third-order valence-electron chi connectivity index (χ3n) is 3.96. The second kappa shape index (κ2) is 9.23. The number of carbonyl (C=O) groups is 2. The topological polar surface area (TPSA) is 49.4 Å². The van der Waals surface area contributed by atoms with Crippen molar-refractivity contribution in [2.24, 2.45) is 0 Å². The van der Waals surface area contributed by atoms with Gasteiger partial charge in [-0.3, -0.25) is 9.59 Å². The normalized spacial score (nSPS) is 10.4. The molecule has 132 valence electrons. The van der Waals surface area contributed by atoms with Gasteiger partial charge in [0.15, 0.2) is 0 Å². The molecule has 0 bridgehead atoms. The molecule has 0 saturated carbocycles. The first-order chi connectivity index (χ1) is 12.0.